The number of hydrogen-bond donors (Lipinski definition) is 1. The lowest BCUT2D eigenvalue weighted by atomic mass is 10.1. The van der Waals surface area contributed by atoms with E-state index in [9.17, 15) is 9.59 Å². The number of nitrogens with zero attached hydrogens (tertiary/aromatic N) is 3. The fourth-order valence-corrected chi connectivity index (χ4v) is 4.56. The van der Waals surface area contributed by atoms with Gasteiger partial charge in [-0.1, -0.05) is 36.0 Å². The van der Waals surface area contributed by atoms with Crippen molar-refractivity contribution < 1.29 is 9.59 Å². The number of para-hydroxylation sites is 3. The average Bonchev–Trinajstić information content (AvgIpc) is 3.19. The molecular formula is C25H20N4O2S. The Kier molecular flexibility index (Phi) is 5.11. The first-order chi connectivity index (χ1) is 15.5. The first-order valence-corrected chi connectivity index (χ1v) is 11.1. The maximum absolute atomic E-state index is 12.9. The summed E-state index contributed by atoms with van der Waals surface area (Å²) in [4.78, 5) is 34.0. The van der Waals surface area contributed by atoms with Crippen molar-refractivity contribution in [2.24, 2.45) is 0 Å². The quantitative estimate of drug-likeness (QED) is 0.226. The molecule has 5 rings (SSSR count). The molecule has 0 aliphatic rings. The largest absolute Gasteiger partial charge is 0.325 e. The van der Waals surface area contributed by atoms with E-state index >= 15 is 0 Å². The molecule has 0 bridgehead atoms. The van der Waals surface area contributed by atoms with Gasteiger partial charge in [0.1, 0.15) is 5.65 Å². The van der Waals surface area contributed by atoms with Crippen LogP contribution in [0.5, 0.6) is 0 Å². The molecule has 1 amide bonds. The zero-order valence-corrected chi connectivity index (χ0v) is 18.4. The molecule has 1 atom stereocenters. The molecule has 0 saturated heterocycles. The summed E-state index contributed by atoms with van der Waals surface area (Å²) in [5, 5.41) is 4.20. The van der Waals surface area contributed by atoms with Crippen LogP contribution in [0.4, 0.5) is 5.69 Å². The summed E-state index contributed by atoms with van der Waals surface area (Å²) in [7, 11) is 0. The van der Waals surface area contributed by atoms with E-state index in [0.29, 0.717) is 16.4 Å². The van der Waals surface area contributed by atoms with Gasteiger partial charge in [0.25, 0.3) is 0 Å². The van der Waals surface area contributed by atoms with Crippen LogP contribution >= 0.6 is 11.8 Å². The van der Waals surface area contributed by atoms with Gasteiger partial charge in [-0.15, -0.1) is 0 Å². The molecule has 3 aromatic carbocycles. The second-order valence-electron chi connectivity index (χ2n) is 7.55. The smallest absolute Gasteiger partial charge is 0.237 e. The Morgan fingerprint density at radius 2 is 1.59 bits per heavy atom. The minimum Gasteiger partial charge on any atom is -0.325 e. The lowest BCUT2D eigenvalue weighted by molar-refractivity contribution is -0.115. The van der Waals surface area contributed by atoms with Crippen LogP contribution in [0.15, 0.2) is 78.0 Å². The van der Waals surface area contributed by atoms with Crippen molar-refractivity contribution >= 4 is 56.7 Å². The molecule has 0 aliphatic heterocycles. The second kappa shape index (κ2) is 8.09. The number of anilines is 1. The van der Waals surface area contributed by atoms with Crippen LogP contribution in [0.25, 0.3) is 27.6 Å². The lowest BCUT2D eigenvalue weighted by Gasteiger charge is -2.14. The predicted octanol–water partition coefficient (Wildman–Crippen LogP) is 5.36. The second-order valence-corrected chi connectivity index (χ2v) is 8.86. The van der Waals surface area contributed by atoms with Gasteiger partial charge in [0.15, 0.2) is 10.9 Å². The molecule has 0 spiro atoms. The van der Waals surface area contributed by atoms with Crippen molar-refractivity contribution in [3.8, 4) is 0 Å². The fourth-order valence-electron chi connectivity index (χ4n) is 3.64. The minimum atomic E-state index is -0.402. The first-order valence-electron chi connectivity index (χ1n) is 10.3. The summed E-state index contributed by atoms with van der Waals surface area (Å²) in [6, 6.07) is 22.7. The summed E-state index contributed by atoms with van der Waals surface area (Å²) in [6.07, 6.45) is 0. The highest BCUT2D eigenvalue weighted by Crippen LogP contribution is 2.31. The number of nitrogens with one attached hydrogen (secondary N) is 1. The molecule has 0 saturated carbocycles. The molecule has 0 radical (unpaired) electrons. The maximum atomic E-state index is 12.9. The maximum Gasteiger partial charge on any atom is 0.237 e. The molecule has 5 aromatic rings. The van der Waals surface area contributed by atoms with Gasteiger partial charge < -0.3 is 5.32 Å². The van der Waals surface area contributed by atoms with Crippen LogP contribution in [0.2, 0.25) is 0 Å². The fraction of sp³-hybridized carbons (Fsp3) is 0.120. The van der Waals surface area contributed by atoms with Crippen molar-refractivity contribution in [1.82, 2.24) is 14.4 Å². The van der Waals surface area contributed by atoms with Crippen LogP contribution in [-0.2, 0) is 4.79 Å². The van der Waals surface area contributed by atoms with E-state index in [-0.39, 0.29) is 11.7 Å². The number of thioether (sulfide) groups is 1. The summed E-state index contributed by atoms with van der Waals surface area (Å²) in [5.41, 5.74) is 4.76. The molecule has 1 N–H and O–H groups in total. The predicted molar refractivity (Wildman–Crippen MR) is 128 cm³/mol. The van der Waals surface area contributed by atoms with E-state index in [1.165, 1.54) is 18.7 Å². The number of hydrogen-bond acceptors (Lipinski definition) is 5. The molecule has 7 heteroatoms. The summed E-state index contributed by atoms with van der Waals surface area (Å²) in [6.45, 7) is 3.37. The number of fused-ring (bicyclic) bond motifs is 5. The zero-order chi connectivity index (χ0) is 22.2. The van der Waals surface area contributed by atoms with Gasteiger partial charge in [-0.05, 0) is 62.4 Å². The van der Waals surface area contributed by atoms with Crippen LogP contribution in [-0.4, -0.2) is 31.3 Å². The third-order valence-electron chi connectivity index (χ3n) is 5.32. The van der Waals surface area contributed by atoms with Crippen molar-refractivity contribution in [1.29, 1.82) is 0 Å². The number of imidazole rings is 1. The number of rotatable bonds is 5. The molecule has 6 nitrogen and oxygen atoms in total. The van der Waals surface area contributed by atoms with Gasteiger partial charge in [-0.3, -0.25) is 14.0 Å². The molecular weight excluding hydrogens is 420 g/mol. The van der Waals surface area contributed by atoms with E-state index in [0.717, 1.165) is 27.6 Å². The number of ketones is 1. The number of aromatic nitrogens is 3. The molecule has 2 heterocycles. The Balaban J connectivity index is 1.49. The summed E-state index contributed by atoms with van der Waals surface area (Å²) in [5.74, 6) is -0.149. The first kappa shape index (κ1) is 20.2. The summed E-state index contributed by atoms with van der Waals surface area (Å²) >= 11 is 1.39. The molecule has 32 heavy (non-hydrogen) atoms. The lowest BCUT2D eigenvalue weighted by Crippen LogP contribution is -2.23. The van der Waals surface area contributed by atoms with Crippen LogP contribution in [0.3, 0.4) is 0 Å². The Morgan fingerprint density at radius 1 is 0.906 bits per heavy atom. The van der Waals surface area contributed by atoms with Gasteiger partial charge in [0, 0.05) is 16.6 Å². The highest BCUT2D eigenvalue weighted by molar-refractivity contribution is 8.00. The molecule has 1 unspecified atom stereocenters. The van der Waals surface area contributed by atoms with Crippen LogP contribution in [0.1, 0.15) is 24.2 Å². The Morgan fingerprint density at radius 3 is 2.34 bits per heavy atom. The Hall–Kier alpha value is -3.71. The standard InChI is InChI=1S/C25H20N4O2S/c1-15(30)17-11-13-18(14-12-17)26-24(31)16(2)32-25-28-20-8-4-3-7-19(20)23-27-21-9-5-6-10-22(21)29(23)25/h3-14,16H,1-2H3,(H,26,31). The van der Waals surface area contributed by atoms with Crippen LogP contribution in [0, 0.1) is 0 Å². The SMILES string of the molecule is CC(=O)c1ccc(NC(=O)C(C)Sc2nc3ccccc3c3nc4ccccc4n23)cc1. The third kappa shape index (κ3) is 3.61. The van der Waals surface area contributed by atoms with E-state index in [1.807, 2.05) is 59.9 Å². The highest BCUT2D eigenvalue weighted by Gasteiger charge is 2.20. The minimum absolute atomic E-state index is 0.00856. The Labute approximate surface area is 188 Å². The average molecular weight is 441 g/mol. The number of benzene rings is 3. The number of amides is 1. The topological polar surface area (TPSA) is 76.4 Å². The number of Topliss-reactive ketones (excluding diaryl/α,β-unsaturated/α-hetero) is 1. The van der Waals surface area contributed by atoms with Crippen molar-refractivity contribution in [2.75, 3.05) is 5.32 Å². The van der Waals surface area contributed by atoms with E-state index < -0.39 is 5.25 Å². The molecule has 2 aromatic heterocycles. The van der Waals surface area contributed by atoms with Gasteiger partial charge in [0.2, 0.25) is 5.91 Å². The number of carbonyl (C=O) groups is 2. The molecule has 158 valence electrons. The van der Waals surface area contributed by atoms with Gasteiger partial charge in [-0.25, -0.2) is 9.97 Å². The van der Waals surface area contributed by atoms with E-state index in [2.05, 4.69) is 5.32 Å². The molecule has 0 aliphatic carbocycles. The zero-order valence-electron chi connectivity index (χ0n) is 17.6. The Bertz CT molecular complexity index is 1490. The van der Waals surface area contributed by atoms with E-state index in [4.69, 9.17) is 9.97 Å². The van der Waals surface area contributed by atoms with Crippen LogP contribution < -0.4 is 5.32 Å². The van der Waals surface area contributed by atoms with Crippen molar-refractivity contribution in [3.05, 3.63) is 78.4 Å². The highest BCUT2D eigenvalue weighted by atomic mass is 32.2. The molecule has 0 fully saturated rings. The van der Waals surface area contributed by atoms with E-state index in [1.54, 1.807) is 24.3 Å². The van der Waals surface area contributed by atoms with Crippen molar-refractivity contribution in [3.63, 3.8) is 0 Å². The number of carbonyl (C=O) groups excluding carboxylic acids is 2. The van der Waals surface area contributed by atoms with Gasteiger partial charge in [-0.2, -0.15) is 0 Å². The van der Waals surface area contributed by atoms with Gasteiger partial charge >= 0.3 is 0 Å². The van der Waals surface area contributed by atoms with Gasteiger partial charge in [0.05, 0.1) is 21.8 Å². The van der Waals surface area contributed by atoms with Crippen molar-refractivity contribution in [2.45, 2.75) is 24.3 Å². The monoisotopic (exact) mass is 440 g/mol. The summed E-state index contributed by atoms with van der Waals surface area (Å²) < 4.78 is 2.02. The normalized spacial score (nSPS) is 12.3. The third-order valence-corrected chi connectivity index (χ3v) is 6.38.